The third-order valence-electron chi connectivity index (χ3n) is 3.36. The number of carbonyl (C=O) groups is 2. The number of carboxylic acids is 1. The normalized spacial score (nSPS) is 31.3. The predicted octanol–water partition coefficient (Wildman–Crippen LogP) is 1.24. The predicted molar refractivity (Wildman–Crippen MR) is 62.3 cm³/mol. The fourth-order valence-corrected chi connectivity index (χ4v) is 2.51. The molecule has 0 aromatic heterocycles. The molecule has 0 aromatic rings. The molecule has 2 heterocycles. The first-order chi connectivity index (χ1) is 8.25. The number of carboxylic acid groups (broad SMARTS) is 1. The van der Waals surface area contributed by atoms with Crippen LogP contribution in [0.15, 0.2) is 0 Å². The number of hydrogen-bond donors (Lipinski definition) is 1. The lowest BCUT2D eigenvalue weighted by Crippen LogP contribution is -2.58. The zero-order valence-electron chi connectivity index (χ0n) is 10.9. The summed E-state index contributed by atoms with van der Waals surface area (Å²) >= 11 is 0. The molecule has 2 aliphatic rings. The maximum absolute atomic E-state index is 12.0. The summed E-state index contributed by atoms with van der Waals surface area (Å²) in [6, 6.07) is -0.930. The third kappa shape index (κ3) is 2.16. The molecule has 2 unspecified atom stereocenters. The van der Waals surface area contributed by atoms with Gasteiger partial charge in [0.2, 0.25) is 0 Å². The van der Waals surface area contributed by atoms with E-state index in [2.05, 4.69) is 0 Å². The van der Waals surface area contributed by atoms with Crippen molar-refractivity contribution < 1.29 is 24.2 Å². The van der Waals surface area contributed by atoms with Crippen LogP contribution in [0.1, 0.15) is 33.6 Å². The molecule has 2 atom stereocenters. The number of amides is 1. The smallest absolute Gasteiger partial charge is 0.411 e. The summed E-state index contributed by atoms with van der Waals surface area (Å²) in [6.07, 6.45) is 0.661. The quantitative estimate of drug-likeness (QED) is 0.764. The van der Waals surface area contributed by atoms with Crippen molar-refractivity contribution in [3.05, 3.63) is 0 Å². The molecule has 2 fully saturated rings. The first-order valence-electron chi connectivity index (χ1n) is 6.12. The van der Waals surface area contributed by atoms with Crippen LogP contribution >= 0.6 is 0 Å². The molecule has 2 aliphatic heterocycles. The van der Waals surface area contributed by atoms with E-state index in [0.717, 1.165) is 0 Å². The van der Waals surface area contributed by atoms with Crippen LogP contribution in [-0.2, 0) is 14.3 Å². The van der Waals surface area contributed by atoms with Crippen LogP contribution in [0.5, 0.6) is 0 Å². The Kier molecular flexibility index (Phi) is 3.01. The van der Waals surface area contributed by atoms with Gasteiger partial charge in [0.15, 0.2) is 6.04 Å². The molecule has 0 radical (unpaired) electrons. The summed E-state index contributed by atoms with van der Waals surface area (Å²) in [4.78, 5) is 24.6. The Morgan fingerprint density at radius 1 is 1.39 bits per heavy atom. The summed E-state index contributed by atoms with van der Waals surface area (Å²) < 4.78 is 10.7. The van der Waals surface area contributed by atoms with Gasteiger partial charge in [-0.2, -0.15) is 0 Å². The van der Waals surface area contributed by atoms with Crippen LogP contribution in [0.3, 0.4) is 0 Å². The van der Waals surface area contributed by atoms with Crippen molar-refractivity contribution in [2.24, 2.45) is 0 Å². The van der Waals surface area contributed by atoms with Gasteiger partial charge in [-0.1, -0.05) is 0 Å². The highest BCUT2D eigenvalue weighted by Crippen LogP contribution is 2.41. The lowest BCUT2D eigenvalue weighted by Gasteiger charge is -2.42. The van der Waals surface area contributed by atoms with E-state index >= 15 is 0 Å². The van der Waals surface area contributed by atoms with Gasteiger partial charge < -0.3 is 14.6 Å². The van der Waals surface area contributed by atoms with Gasteiger partial charge in [-0.3, -0.25) is 4.90 Å². The fourth-order valence-electron chi connectivity index (χ4n) is 2.51. The minimum absolute atomic E-state index is 0.367. The second-order valence-corrected chi connectivity index (χ2v) is 5.83. The highest BCUT2D eigenvalue weighted by atomic mass is 16.6. The van der Waals surface area contributed by atoms with Crippen LogP contribution in [0.4, 0.5) is 4.79 Å². The molecular formula is C12H19NO5. The van der Waals surface area contributed by atoms with Gasteiger partial charge in [0, 0.05) is 13.0 Å². The van der Waals surface area contributed by atoms with Gasteiger partial charge in [0.05, 0.1) is 6.61 Å². The Bertz CT molecular complexity index is 369. The highest BCUT2D eigenvalue weighted by molar-refractivity contribution is 5.82. The van der Waals surface area contributed by atoms with Crippen LogP contribution in [0, 0.1) is 0 Å². The summed E-state index contributed by atoms with van der Waals surface area (Å²) in [5, 5.41) is 9.30. The number of aliphatic carboxylic acids is 1. The average molecular weight is 257 g/mol. The third-order valence-corrected chi connectivity index (χ3v) is 3.36. The lowest BCUT2D eigenvalue weighted by molar-refractivity contribution is -0.180. The molecule has 2 rings (SSSR count). The molecule has 1 amide bonds. The van der Waals surface area contributed by atoms with Gasteiger partial charge in [-0.25, -0.2) is 9.59 Å². The van der Waals surface area contributed by atoms with Crippen molar-refractivity contribution in [1.82, 2.24) is 4.90 Å². The number of rotatable bonds is 1. The van der Waals surface area contributed by atoms with Crippen molar-refractivity contribution >= 4 is 12.1 Å². The Morgan fingerprint density at radius 2 is 2.00 bits per heavy atom. The molecule has 0 aliphatic carbocycles. The van der Waals surface area contributed by atoms with E-state index in [9.17, 15) is 14.7 Å². The molecule has 6 nitrogen and oxygen atoms in total. The monoisotopic (exact) mass is 257 g/mol. The SMILES string of the molecule is CC(C)(C)OC(=O)N1CCC2(CCO2)C1C(=O)O. The van der Waals surface area contributed by atoms with Gasteiger partial charge in [-0.05, 0) is 27.2 Å². The molecule has 18 heavy (non-hydrogen) atoms. The summed E-state index contributed by atoms with van der Waals surface area (Å²) in [6.45, 7) is 6.20. The van der Waals surface area contributed by atoms with Crippen molar-refractivity contribution in [3.63, 3.8) is 0 Å². The maximum Gasteiger partial charge on any atom is 0.411 e. The van der Waals surface area contributed by atoms with E-state index in [-0.39, 0.29) is 0 Å². The summed E-state index contributed by atoms with van der Waals surface area (Å²) in [5.74, 6) is -1.03. The van der Waals surface area contributed by atoms with Gasteiger partial charge in [-0.15, -0.1) is 0 Å². The Hall–Kier alpha value is -1.30. The molecule has 6 heteroatoms. The molecule has 0 bridgehead atoms. The van der Waals surface area contributed by atoms with Crippen LogP contribution in [-0.4, -0.2) is 52.5 Å². The molecular weight excluding hydrogens is 238 g/mol. The molecule has 2 saturated heterocycles. The van der Waals surface area contributed by atoms with Crippen LogP contribution in [0.2, 0.25) is 0 Å². The minimum atomic E-state index is -1.03. The zero-order valence-corrected chi connectivity index (χ0v) is 10.9. The number of likely N-dealkylation sites (tertiary alicyclic amines) is 1. The summed E-state index contributed by atoms with van der Waals surface area (Å²) in [5.41, 5.74) is -1.32. The van der Waals surface area contributed by atoms with E-state index in [1.54, 1.807) is 20.8 Å². The molecule has 0 aromatic carbocycles. The van der Waals surface area contributed by atoms with Crippen molar-refractivity contribution in [2.75, 3.05) is 13.2 Å². The molecule has 1 spiro atoms. The maximum atomic E-state index is 12.0. The highest BCUT2D eigenvalue weighted by Gasteiger charge is 2.58. The van der Waals surface area contributed by atoms with E-state index in [1.807, 2.05) is 0 Å². The van der Waals surface area contributed by atoms with Crippen molar-refractivity contribution in [1.29, 1.82) is 0 Å². The number of hydrogen-bond acceptors (Lipinski definition) is 4. The zero-order chi connectivity index (χ0) is 13.6. The number of nitrogens with zero attached hydrogens (tertiary/aromatic N) is 1. The van der Waals surface area contributed by atoms with Gasteiger partial charge >= 0.3 is 12.1 Å². The lowest BCUT2D eigenvalue weighted by atomic mass is 9.86. The Labute approximate surface area is 106 Å². The van der Waals surface area contributed by atoms with E-state index in [4.69, 9.17) is 9.47 Å². The van der Waals surface area contributed by atoms with E-state index < -0.39 is 29.3 Å². The van der Waals surface area contributed by atoms with E-state index in [1.165, 1.54) is 4.90 Å². The molecule has 1 N–H and O–H groups in total. The fraction of sp³-hybridized carbons (Fsp3) is 0.833. The molecule has 102 valence electrons. The van der Waals surface area contributed by atoms with Crippen molar-refractivity contribution in [3.8, 4) is 0 Å². The first-order valence-corrected chi connectivity index (χ1v) is 6.12. The Morgan fingerprint density at radius 3 is 2.39 bits per heavy atom. The Balaban J connectivity index is 2.13. The minimum Gasteiger partial charge on any atom is -0.480 e. The first kappa shape index (κ1) is 13.1. The molecule has 0 saturated carbocycles. The topological polar surface area (TPSA) is 76.1 Å². The number of carbonyl (C=O) groups excluding carboxylic acids is 1. The second kappa shape index (κ2) is 4.12. The number of ether oxygens (including phenoxy) is 2. The van der Waals surface area contributed by atoms with Gasteiger partial charge in [0.1, 0.15) is 11.2 Å². The largest absolute Gasteiger partial charge is 0.480 e. The van der Waals surface area contributed by atoms with Gasteiger partial charge in [0.25, 0.3) is 0 Å². The van der Waals surface area contributed by atoms with E-state index in [0.29, 0.717) is 26.0 Å². The van der Waals surface area contributed by atoms with Crippen LogP contribution < -0.4 is 0 Å². The van der Waals surface area contributed by atoms with Crippen molar-refractivity contribution in [2.45, 2.75) is 50.9 Å². The summed E-state index contributed by atoms with van der Waals surface area (Å²) in [7, 11) is 0. The standard InChI is InChI=1S/C12H19NO5/c1-11(2,3)18-10(16)13-6-4-12(5-7-17-12)8(13)9(14)15/h8H,4-7H2,1-3H3,(H,14,15). The average Bonchev–Trinajstić information content (AvgIpc) is 2.53. The second-order valence-electron chi connectivity index (χ2n) is 5.83. The van der Waals surface area contributed by atoms with Crippen LogP contribution in [0.25, 0.3) is 0 Å².